The van der Waals surface area contributed by atoms with Crippen LogP contribution in [0.3, 0.4) is 0 Å². The van der Waals surface area contributed by atoms with E-state index < -0.39 is 17.6 Å². The lowest BCUT2D eigenvalue weighted by atomic mass is 10.2. The van der Waals surface area contributed by atoms with Gasteiger partial charge in [0.1, 0.15) is 5.82 Å². The summed E-state index contributed by atoms with van der Waals surface area (Å²) < 4.78 is 13.6. The molecule has 0 unspecified atom stereocenters. The number of nitrogens with two attached hydrogens (primary N) is 2. The summed E-state index contributed by atoms with van der Waals surface area (Å²) in [5, 5.41) is 0. The van der Waals surface area contributed by atoms with Gasteiger partial charge in [-0.1, -0.05) is 12.1 Å². The lowest BCUT2D eigenvalue weighted by Crippen LogP contribution is -2.39. The molecule has 7 heteroatoms. The molecular weight excluding hydrogens is 305 g/mol. The van der Waals surface area contributed by atoms with Gasteiger partial charge in [-0.25, -0.2) is 4.39 Å². The maximum absolute atomic E-state index is 13.3. The number of halogens is 2. The summed E-state index contributed by atoms with van der Waals surface area (Å²) in [6, 6.07) is 4.53. The molecule has 0 aliphatic rings. The fourth-order valence-corrected chi connectivity index (χ4v) is 1.91. The van der Waals surface area contributed by atoms with E-state index in [2.05, 4.69) is 15.9 Å². The molecule has 0 saturated carbocycles. The minimum absolute atomic E-state index is 0.119. The van der Waals surface area contributed by atoms with E-state index in [1.165, 1.54) is 11.0 Å². The molecule has 0 spiro atoms. The molecule has 5 nitrogen and oxygen atoms in total. The standard InChI is InChI=1S/C11H13BrFN3O2/c12-11-7(2-1-3-8(11)13)4-16(5-9(14)17)6-10(15)18/h1-3H,4-6H2,(H2,14,17)(H2,15,18). The summed E-state index contributed by atoms with van der Waals surface area (Å²) in [5.41, 5.74) is 10.8. The van der Waals surface area contributed by atoms with Crippen molar-refractivity contribution in [3.05, 3.63) is 34.1 Å². The molecule has 0 heterocycles. The van der Waals surface area contributed by atoms with Crippen LogP contribution in [0, 0.1) is 5.82 Å². The van der Waals surface area contributed by atoms with Gasteiger partial charge in [-0.15, -0.1) is 0 Å². The van der Waals surface area contributed by atoms with Gasteiger partial charge >= 0.3 is 0 Å². The van der Waals surface area contributed by atoms with Crippen LogP contribution in [0.4, 0.5) is 4.39 Å². The number of primary amides is 2. The first-order valence-electron chi connectivity index (χ1n) is 5.12. The van der Waals surface area contributed by atoms with Crippen molar-refractivity contribution >= 4 is 27.7 Å². The second kappa shape index (κ2) is 6.46. The molecule has 1 rings (SSSR count). The van der Waals surface area contributed by atoms with E-state index in [-0.39, 0.29) is 19.6 Å². The van der Waals surface area contributed by atoms with E-state index in [9.17, 15) is 14.0 Å². The summed E-state index contributed by atoms with van der Waals surface area (Å²) in [7, 11) is 0. The van der Waals surface area contributed by atoms with Gasteiger partial charge in [-0.3, -0.25) is 14.5 Å². The Morgan fingerprint density at radius 3 is 2.28 bits per heavy atom. The number of hydrogen-bond acceptors (Lipinski definition) is 3. The van der Waals surface area contributed by atoms with Gasteiger partial charge in [0.05, 0.1) is 17.6 Å². The molecule has 1 aromatic carbocycles. The highest BCUT2D eigenvalue weighted by Crippen LogP contribution is 2.21. The topological polar surface area (TPSA) is 89.4 Å². The van der Waals surface area contributed by atoms with Gasteiger partial charge in [-0.2, -0.15) is 0 Å². The van der Waals surface area contributed by atoms with Crippen LogP contribution in [-0.2, 0) is 16.1 Å². The molecule has 0 fully saturated rings. The van der Waals surface area contributed by atoms with Crippen molar-refractivity contribution in [3.8, 4) is 0 Å². The van der Waals surface area contributed by atoms with Crippen LogP contribution in [0.25, 0.3) is 0 Å². The highest BCUT2D eigenvalue weighted by molar-refractivity contribution is 9.10. The van der Waals surface area contributed by atoms with E-state index in [1.54, 1.807) is 12.1 Å². The van der Waals surface area contributed by atoms with Gasteiger partial charge in [0.2, 0.25) is 11.8 Å². The molecule has 18 heavy (non-hydrogen) atoms. The summed E-state index contributed by atoms with van der Waals surface area (Å²) in [6.07, 6.45) is 0. The molecule has 0 aliphatic carbocycles. The smallest absolute Gasteiger partial charge is 0.231 e. The van der Waals surface area contributed by atoms with E-state index >= 15 is 0 Å². The third kappa shape index (κ3) is 4.42. The molecular formula is C11H13BrFN3O2. The molecule has 0 aromatic heterocycles. The van der Waals surface area contributed by atoms with Gasteiger partial charge in [0.25, 0.3) is 0 Å². The zero-order valence-electron chi connectivity index (χ0n) is 9.53. The van der Waals surface area contributed by atoms with Crippen LogP contribution in [0.1, 0.15) is 5.56 Å². The molecule has 0 saturated heterocycles. The van der Waals surface area contributed by atoms with E-state index in [0.717, 1.165) is 0 Å². The third-order valence-electron chi connectivity index (χ3n) is 2.18. The molecule has 0 bridgehead atoms. The van der Waals surface area contributed by atoms with E-state index in [4.69, 9.17) is 11.5 Å². The van der Waals surface area contributed by atoms with Crippen molar-refractivity contribution in [2.45, 2.75) is 6.54 Å². The highest BCUT2D eigenvalue weighted by Gasteiger charge is 2.14. The molecule has 98 valence electrons. The van der Waals surface area contributed by atoms with Crippen LogP contribution in [-0.4, -0.2) is 29.8 Å². The second-order valence-corrected chi connectivity index (χ2v) is 4.58. The second-order valence-electron chi connectivity index (χ2n) is 3.79. The zero-order chi connectivity index (χ0) is 13.7. The normalized spacial score (nSPS) is 10.6. The molecule has 1 aromatic rings. The van der Waals surface area contributed by atoms with Crippen molar-refractivity contribution < 1.29 is 14.0 Å². The Morgan fingerprint density at radius 1 is 1.22 bits per heavy atom. The Kier molecular flexibility index (Phi) is 5.24. The van der Waals surface area contributed by atoms with Crippen LogP contribution in [0.2, 0.25) is 0 Å². The molecule has 0 radical (unpaired) electrons. The quantitative estimate of drug-likeness (QED) is 0.794. The van der Waals surface area contributed by atoms with Crippen LogP contribution >= 0.6 is 15.9 Å². The molecule has 2 amide bonds. The maximum Gasteiger partial charge on any atom is 0.231 e. The fraction of sp³-hybridized carbons (Fsp3) is 0.273. The van der Waals surface area contributed by atoms with Crippen LogP contribution < -0.4 is 11.5 Å². The summed E-state index contributed by atoms with van der Waals surface area (Å²) in [6.45, 7) is -0.0397. The summed E-state index contributed by atoms with van der Waals surface area (Å²) in [5.74, 6) is -1.57. The minimum atomic E-state index is -0.580. The molecule has 4 N–H and O–H groups in total. The average molecular weight is 318 g/mol. The van der Waals surface area contributed by atoms with Gasteiger partial charge in [0.15, 0.2) is 0 Å². The SMILES string of the molecule is NC(=O)CN(CC(N)=O)Cc1cccc(F)c1Br. The zero-order valence-corrected chi connectivity index (χ0v) is 11.1. The lowest BCUT2D eigenvalue weighted by molar-refractivity contribution is -0.122. The first-order chi connectivity index (χ1) is 8.40. The van der Waals surface area contributed by atoms with Gasteiger partial charge in [-0.05, 0) is 27.6 Å². The predicted molar refractivity (Wildman–Crippen MR) is 67.8 cm³/mol. The third-order valence-corrected chi connectivity index (χ3v) is 3.07. The number of amides is 2. The number of hydrogen-bond donors (Lipinski definition) is 2. The summed E-state index contributed by atoms with van der Waals surface area (Å²) in [4.78, 5) is 23.2. The number of carbonyl (C=O) groups is 2. The first kappa shape index (κ1) is 14.6. The Bertz CT molecular complexity index is 452. The highest BCUT2D eigenvalue weighted by atomic mass is 79.9. The van der Waals surface area contributed by atoms with E-state index in [0.29, 0.717) is 10.0 Å². The monoisotopic (exact) mass is 317 g/mol. The largest absolute Gasteiger partial charge is 0.369 e. The van der Waals surface area contributed by atoms with Gasteiger partial charge < -0.3 is 11.5 Å². The number of benzene rings is 1. The Labute approximate surface area is 112 Å². The van der Waals surface area contributed by atoms with Crippen molar-refractivity contribution in [2.75, 3.05) is 13.1 Å². The van der Waals surface area contributed by atoms with Crippen molar-refractivity contribution in [1.29, 1.82) is 0 Å². The Balaban J connectivity index is 2.84. The Hall–Kier alpha value is -1.47. The minimum Gasteiger partial charge on any atom is -0.369 e. The molecule has 0 atom stereocenters. The van der Waals surface area contributed by atoms with Crippen molar-refractivity contribution in [1.82, 2.24) is 4.90 Å². The fourth-order valence-electron chi connectivity index (χ4n) is 1.52. The van der Waals surface area contributed by atoms with E-state index in [1.807, 2.05) is 0 Å². The number of rotatable bonds is 6. The van der Waals surface area contributed by atoms with Crippen LogP contribution in [0.5, 0.6) is 0 Å². The Morgan fingerprint density at radius 2 is 1.78 bits per heavy atom. The van der Waals surface area contributed by atoms with Crippen LogP contribution in [0.15, 0.2) is 22.7 Å². The summed E-state index contributed by atoms with van der Waals surface area (Å²) >= 11 is 3.11. The van der Waals surface area contributed by atoms with Crippen molar-refractivity contribution in [2.24, 2.45) is 11.5 Å². The first-order valence-corrected chi connectivity index (χ1v) is 5.91. The number of nitrogens with zero attached hydrogens (tertiary/aromatic N) is 1. The number of carbonyl (C=O) groups excluding carboxylic acids is 2. The lowest BCUT2D eigenvalue weighted by Gasteiger charge is -2.19. The van der Waals surface area contributed by atoms with Crippen molar-refractivity contribution in [3.63, 3.8) is 0 Å². The molecule has 0 aliphatic heterocycles. The predicted octanol–water partition coefficient (Wildman–Crippen LogP) is 0.361. The maximum atomic E-state index is 13.3. The average Bonchev–Trinajstić information content (AvgIpc) is 2.23. The van der Waals surface area contributed by atoms with Gasteiger partial charge in [0, 0.05) is 6.54 Å².